The molecule has 0 radical (unpaired) electrons. The van der Waals surface area contributed by atoms with Crippen molar-refractivity contribution in [3.8, 4) is 17.2 Å². The molecule has 0 unspecified atom stereocenters. The Morgan fingerprint density at radius 1 is 0.897 bits per heavy atom. The first-order chi connectivity index (χ1) is 14.0. The van der Waals surface area contributed by atoms with Crippen LogP contribution in [-0.4, -0.2) is 30.8 Å². The van der Waals surface area contributed by atoms with Gasteiger partial charge in [-0.2, -0.15) is 5.26 Å². The lowest BCUT2D eigenvalue weighted by atomic mass is 9.95. The minimum Gasteiger partial charge on any atom is -0.348 e. The molecule has 3 aromatic rings. The molecular weight excluding hydrogens is 362 g/mol. The minimum atomic E-state index is -0.221. The number of nitrogens with one attached hydrogen (secondary N) is 1. The van der Waals surface area contributed by atoms with E-state index in [1.165, 1.54) is 4.90 Å². The summed E-state index contributed by atoms with van der Waals surface area (Å²) in [6.07, 6.45) is 0. The summed E-state index contributed by atoms with van der Waals surface area (Å²) in [5.74, 6) is -0.285. The van der Waals surface area contributed by atoms with Crippen LogP contribution in [-0.2, 0) is 6.54 Å². The molecule has 144 valence electrons. The largest absolute Gasteiger partial charge is 0.348 e. The van der Waals surface area contributed by atoms with Gasteiger partial charge in [-0.05, 0) is 35.4 Å². The second kappa shape index (κ2) is 8.85. The highest BCUT2D eigenvalue weighted by molar-refractivity contribution is 6.01. The van der Waals surface area contributed by atoms with E-state index in [0.717, 1.165) is 11.1 Å². The minimum absolute atomic E-state index is 0.0642. The van der Waals surface area contributed by atoms with Crippen molar-refractivity contribution in [2.75, 3.05) is 14.1 Å². The smallest absolute Gasteiger partial charge is 0.253 e. The molecule has 3 aromatic carbocycles. The Morgan fingerprint density at radius 3 is 2.17 bits per heavy atom. The van der Waals surface area contributed by atoms with Gasteiger partial charge in [0.25, 0.3) is 11.8 Å². The van der Waals surface area contributed by atoms with Crippen molar-refractivity contribution in [3.05, 3.63) is 95.1 Å². The highest BCUT2D eigenvalue weighted by Gasteiger charge is 2.14. The molecule has 1 N–H and O–H groups in total. The van der Waals surface area contributed by atoms with Crippen molar-refractivity contribution in [3.63, 3.8) is 0 Å². The summed E-state index contributed by atoms with van der Waals surface area (Å²) < 4.78 is 0. The number of hydrogen-bond acceptors (Lipinski definition) is 3. The van der Waals surface area contributed by atoms with Crippen molar-refractivity contribution in [1.29, 1.82) is 5.26 Å². The third-order valence-electron chi connectivity index (χ3n) is 4.57. The maximum Gasteiger partial charge on any atom is 0.253 e. The molecule has 2 amide bonds. The quantitative estimate of drug-likeness (QED) is 0.727. The van der Waals surface area contributed by atoms with Crippen molar-refractivity contribution >= 4 is 11.8 Å². The standard InChI is InChI=1S/C24H21N3O2/c1-27(2)24(29)18-13-11-17(12-14-18)16-26-23(28)22-10-6-5-9-21(22)20-8-4-3-7-19(20)15-25/h3-14H,16H2,1-2H3,(H,26,28). The predicted molar refractivity (Wildman–Crippen MR) is 112 cm³/mol. The van der Waals surface area contributed by atoms with Gasteiger partial charge in [0.05, 0.1) is 11.6 Å². The Balaban J connectivity index is 1.77. The highest BCUT2D eigenvalue weighted by atomic mass is 16.2. The second-order valence-electron chi connectivity index (χ2n) is 6.78. The van der Waals surface area contributed by atoms with Crippen LogP contribution in [0.25, 0.3) is 11.1 Å². The summed E-state index contributed by atoms with van der Waals surface area (Å²) in [5, 5.41) is 12.3. The third kappa shape index (κ3) is 4.50. The molecule has 0 aliphatic carbocycles. The molecular formula is C24H21N3O2. The Bertz CT molecular complexity index is 1080. The van der Waals surface area contributed by atoms with Crippen LogP contribution in [0.4, 0.5) is 0 Å². The summed E-state index contributed by atoms with van der Waals surface area (Å²) in [6.45, 7) is 0.337. The topological polar surface area (TPSA) is 73.2 Å². The van der Waals surface area contributed by atoms with Gasteiger partial charge in [0.1, 0.15) is 0 Å². The van der Waals surface area contributed by atoms with E-state index in [1.807, 2.05) is 36.4 Å². The predicted octanol–water partition coefficient (Wildman–Crippen LogP) is 3.86. The fraction of sp³-hybridized carbons (Fsp3) is 0.125. The molecule has 0 fully saturated rings. The zero-order chi connectivity index (χ0) is 20.8. The lowest BCUT2D eigenvalue weighted by Gasteiger charge is -2.12. The Hall–Kier alpha value is -3.91. The van der Waals surface area contributed by atoms with Gasteiger partial charge in [0, 0.05) is 37.3 Å². The molecule has 0 aliphatic heterocycles. The third-order valence-corrected chi connectivity index (χ3v) is 4.57. The first-order valence-electron chi connectivity index (χ1n) is 9.18. The van der Waals surface area contributed by atoms with E-state index in [1.54, 1.807) is 50.5 Å². The number of nitrogens with zero attached hydrogens (tertiary/aromatic N) is 2. The highest BCUT2D eigenvalue weighted by Crippen LogP contribution is 2.26. The van der Waals surface area contributed by atoms with Gasteiger partial charge < -0.3 is 10.2 Å². The van der Waals surface area contributed by atoms with E-state index < -0.39 is 0 Å². The molecule has 0 bridgehead atoms. The van der Waals surface area contributed by atoms with Crippen molar-refractivity contribution in [1.82, 2.24) is 10.2 Å². The van der Waals surface area contributed by atoms with E-state index >= 15 is 0 Å². The summed E-state index contributed by atoms with van der Waals surface area (Å²) >= 11 is 0. The number of benzene rings is 3. The van der Waals surface area contributed by atoms with Crippen LogP contribution in [0.1, 0.15) is 31.8 Å². The molecule has 0 aliphatic rings. The average molecular weight is 383 g/mol. The maximum atomic E-state index is 12.8. The lowest BCUT2D eigenvalue weighted by molar-refractivity contribution is 0.0827. The summed E-state index contributed by atoms with van der Waals surface area (Å²) in [7, 11) is 3.41. The summed E-state index contributed by atoms with van der Waals surface area (Å²) in [5.41, 5.74) is 3.97. The van der Waals surface area contributed by atoms with Crippen molar-refractivity contribution in [2.45, 2.75) is 6.54 Å². The second-order valence-corrected chi connectivity index (χ2v) is 6.78. The van der Waals surface area contributed by atoms with Gasteiger partial charge in [-0.1, -0.05) is 48.5 Å². The molecule has 3 rings (SSSR count). The van der Waals surface area contributed by atoms with E-state index in [-0.39, 0.29) is 11.8 Å². The van der Waals surface area contributed by atoms with Crippen molar-refractivity contribution < 1.29 is 9.59 Å². The summed E-state index contributed by atoms with van der Waals surface area (Å²) in [6, 6.07) is 23.8. The summed E-state index contributed by atoms with van der Waals surface area (Å²) in [4.78, 5) is 26.3. The van der Waals surface area contributed by atoms with E-state index in [4.69, 9.17) is 0 Å². The van der Waals surface area contributed by atoms with Crippen LogP contribution in [0.15, 0.2) is 72.8 Å². The van der Waals surface area contributed by atoms with Gasteiger partial charge in [-0.3, -0.25) is 9.59 Å². The van der Waals surface area contributed by atoms with Crippen LogP contribution < -0.4 is 5.32 Å². The zero-order valence-corrected chi connectivity index (χ0v) is 16.3. The molecule has 29 heavy (non-hydrogen) atoms. The van der Waals surface area contributed by atoms with E-state index in [9.17, 15) is 14.9 Å². The molecule has 0 spiro atoms. The molecule has 0 saturated carbocycles. The van der Waals surface area contributed by atoms with Crippen LogP contribution in [0.5, 0.6) is 0 Å². The number of rotatable bonds is 5. The Morgan fingerprint density at radius 2 is 1.52 bits per heavy atom. The average Bonchev–Trinajstić information content (AvgIpc) is 2.77. The number of nitriles is 1. The lowest BCUT2D eigenvalue weighted by Crippen LogP contribution is -2.24. The molecule has 5 nitrogen and oxygen atoms in total. The molecule has 0 atom stereocenters. The SMILES string of the molecule is CN(C)C(=O)c1ccc(CNC(=O)c2ccccc2-c2ccccc2C#N)cc1. The fourth-order valence-electron chi connectivity index (χ4n) is 3.03. The van der Waals surface area contributed by atoms with Gasteiger partial charge in [0.15, 0.2) is 0 Å². The zero-order valence-electron chi connectivity index (χ0n) is 16.3. The molecule has 0 aromatic heterocycles. The van der Waals surface area contributed by atoms with Crippen molar-refractivity contribution in [2.24, 2.45) is 0 Å². The van der Waals surface area contributed by atoms with E-state index in [0.29, 0.717) is 28.8 Å². The number of carbonyl (C=O) groups excluding carboxylic acids is 2. The molecule has 0 saturated heterocycles. The molecule has 5 heteroatoms. The maximum absolute atomic E-state index is 12.8. The first kappa shape index (κ1) is 19.8. The number of carbonyl (C=O) groups is 2. The molecule has 0 heterocycles. The van der Waals surface area contributed by atoms with Gasteiger partial charge in [-0.25, -0.2) is 0 Å². The van der Waals surface area contributed by atoms with Gasteiger partial charge >= 0.3 is 0 Å². The fourth-order valence-corrected chi connectivity index (χ4v) is 3.03. The van der Waals surface area contributed by atoms with Gasteiger partial charge in [0.2, 0.25) is 0 Å². The van der Waals surface area contributed by atoms with Crippen LogP contribution in [0.2, 0.25) is 0 Å². The van der Waals surface area contributed by atoms with E-state index in [2.05, 4.69) is 11.4 Å². The van der Waals surface area contributed by atoms with Gasteiger partial charge in [-0.15, -0.1) is 0 Å². The normalized spacial score (nSPS) is 10.1. The number of amides is 2. The number of hydrogen-bond donors (Lipinski definition) is 1. The first-order valence-corrected chi connectivity index (χ1v) is 9.18. The Labute approximate surface area is 170 Å². The van der Waals surface area contributed by atoms with Crippen LogP contribution >= 0.6 is 0 Å². The van der Waals surface area contributed by atoms with Crippen LogP contribution in [0, 0.1) is 11.3 Å². The Kier molecular flexibility index (Phi) is 6.06. The monoisotopic (exact) mass is 383 g/mol. The van der Waals surface area contributed by atoms with Crippen LogP contribution in [0.3, 0.4) is 0 Å².